The van der Waals surface area contributed by atoms with Crippen LogP contribution in [-0.2, 0) is 4.79 Å². The number of hydrogen-bond acceptors (Lipinski definition) is 3. The van der Waals surface area contributed by atoms with Crippen molar-refractivity contribution in [2.45, 2.75) is 45.1 Å². The lowest BCUT2D eigenvalue weighted by Gasteiger charge is -2.28. The predicted octanol–water partition coefficient (Wildman–Crippen LogP) is 1.59. The number of allylic oxidation sites excluding steroid dienone is 2. The van der Waals surface area contributed by atoms with E-state index in [0.717, 1.165) is 32.5 Å². The minimum Gasteiger partial charge on any atom is -0.318 e. The summed E-state index contributed by atoms with van der Waals surface area (Å²) in [5.41, 5.74) is 1.25. The first-order chi connectivity index (χ1) is 9.26. The van der Waals surface area contributed by atoms with Gasteiger partial charge in [-0.2, -0.15) is 0 Å². The number of nitrogens with zero attached hydrogens (tertiary/aromatic N) is 2. The molecule has 1 amide bonds. The van der Waals surface area contributed by atoms with Gasteiger partial charge in [0.1, 0.15) is 0 Å². The number of likely N-dealkylation sites (tertiary alicyclic amines) is 1. The normalized spacial score (nSPS) is 23.7. The molecule has 1 saturated heterocycles. The fourth-order valence-corrected chi connectivity index (χ4v) is 3.27. The van der Waals surface area contributed by atoms with Gasteiger partial charge in [-0.25, -0.2) is 0 Å². The van der Waals surface area contributed by atoms with Crippen molar-refractivity contribution in [2.75, 3.05) is 33.2 Å². The first-order valence-corrected chi connectivity index (χ1v) is 7.64. The second-order valence-corrected chi connectivity index (χ2v) is 5.55. The SMILES string of the molecule is CCN(C(=O)CN1CCCC1CNC)C1=CCCC1. The highest BCUT2D eigenvalue weighted by Crippen LogP contribution is 2.22. The van der Waals surface area contributed by atoms with Crippen molar-refractivity contribution in [1.29, 1.82) is 0 Å². The molecule has 0 spiro atoms. The summed E-state index contributed by atoms with van der Waals surface area (Å²) in [5.74, 6) is 0.277. The molecule has 1 aliphatic heterocycles. The van der Waals surface area contributed by atoms with Crippen LogP contribution >= 0.6 is 0 Å². The molecule has 0 aromatic rings. The van der Waals surface area contributed by atoms with Gasteiger partial charge in [-0.15, -0.1) is 0 Å². The molecule has 0 saturated carbocycles. The number of amides is 1. The second kappa shape index (κ2) is 7.06. The number of carbonyl (C=O) groups excluding carboxylic acids is 1. The molecule has 2 aliphatic rings. The van der Waals surface area contributed by atoms with Crippen molar-refractivity contribution in [3.63, 3.8) is 0 Å². The molecule has 4 heteroatoms. The zero-order valence-electron chi connectivity index (χ0n) is 12.3. The minimum atomic E-state index is 0.277. The van der Waals surface area contributed by atoms with E-state index in [1.54, 1.807) is 0 Å². The van der Waals surface area contributed by atoms with E-state index in [4.69, 9.17) is 0 Å². The van der Waals surface area contributed by atoms with Gasteiger partial charge in [0.25, 0.3) is 0 Å². The first-order valence-electron chi connectivity index (χ1n) is 7.64. The summed E-state index contributed by atoms with van der Waals surface area (Å²) in [7, 11) is 1.99. The second-order valence-electron chi connectivity index (χ2n) is 5.55. The van der Waals surface area contributed by atoms with E-state index in [1.807, 2.05) is 11.9 Å². The Balaban J connectivity index is 1.91. The topological polar surface area (TPSA) is 35.6 Å². The molecule has 19 heavy (non-hydrogen) atoms. The Labute approximate surface area is 116 Å². The third-order valence-electron chi connectivity index (χ3n) is 4.26. The summed E-state index contributed by atoms with van der Waals surface area (Å²) < 4.78 is 0. The van der Waals surface area contributed by atoms with Gasteiger partial charge < -0.3 is 10.2 Å². The standard InChI is InChI=1S/C15H27N3O/c1-3-18(13-7-4-5-8-13)15(19)12-17-10-6-9-14(17)11-16-2/h7,14,16H,3-6,8-12H2,1-2H3. The Kier molecular flexibility index (Phi) is 5.40. The summed E-state index contributed by atoms with van der Waals surface area (Å²) in [6.07, 6.45) is 8.06. The Morgan fingerprint density at radius 2 is 2.37 bits per heavy atom. The molecule has 108 valence electrons. The monoisotopic (exact) mass is 265 g/mol. The predicted molar refractivity (Wildman–Crippen MR) is 77.8 cm³/mol. The van der Waals surface area contributed by atoms with Crippen molar-refractivity contribution in [3.8, 4) is 0 Å². The molecule has 1 atom stereocenters. The zero-order chi connectivity index (χ0) is 13.7. The van der Waals surface area contributed by atoms with Crippen molar-refractivity contribution >= 4 is 5.91 Å². The van der Waals surface area contributed by atoms with E-state index in [0.29, 0.717) is 12.6 Å². The van der Waals surface area contributed by atoms with E-state index >= 15 is 0 Å². The summed E-state index contributed by atoms with van der Waals surface area (Å²) in [5, 5.41) is 3.23. The van der Waals surface area contributed by atoms with Crippen LogP contribution in [0.5, 0.6) is 0 Å². The van der Waals surface area contributed by atoms with Crippen LogP contribution in [0.1, 0.15) is 39.0 Å². The fourth-order valence-electron chi connectivity index (χ4n) is 3.27. The van der Waals surface area contributed by atoms with Gasteiger partial charge in [-0.3, -0.25) is 9.69 Å². The maximum atomic E-state index is 12.5. The summed E-state index contributed by atoms with van der Waals surface area (Å²) in [6, 6.07) is 0.533. The van der Waals surface area contributed by atoms with Gasteiger partial charge in [0.05, 0.1) is 6.54 Å². The average Bonchev–Trinajstić information content (AvgIpc) is 3.04. The molecule has 1 unspecified atom stereocenters. The maximum absolute atomic E-state index is 12.5. The molecule has 0 aromatic heterocycles. The molecular formula is C15H27N3O. The van der Waals surface area contributed by atoms with Crippen LogP contribution in [0.3, 0.4) is 0 Å². The van der Waals surface area contributed by atoms with Crippen molar-refractivity contribution in [2.24, 2.45) is 0 Å². The van der Waals surface area contributed by atoms with Crippen molar-refractivity contribution in [1.82, 2.24) is 15.1 Å². The zero-order valence-corrected chi connectivity index (χ0v) is 12.3. The maximum Gasteiger partial charge on any atom is 0.240 e. The van der Waals surface area contributed by atoms with Gasteiger partial charge in [0, 0.05) is 24.8 Å². The molecule has 0 radical (unpaired) electrons. The Hall–Kier alpha value is -0.870. The lowest BCUT2D eigenvalue weighted by molar-refractivity contribution is -0.130. The van der Waals surface area contributed by atoms with Crippen molar-refractivity contribution in [3.05, 3.63) is 11.8 Å². The van der Waals surface area contributed by atoms with Gasteiger partial charge in [-0.05, 0) is 52.6 Å². The van der Waals surface area contributed by atoms with E-state index in [1.165, 1.54) is 25.0 Å². The number of rotatable bonds is 6. The molecule has 1 fully saturated rings. The Bertz CT molecular complexity index is 340. The van der Waals surface area contributed by atoms with E-state index < -0.39 is 0 Å². The van der Waals surface area contributed by atoms with E-state index in [2.05, 4.69) is 23.2 Å². The fraction of sp³-hybridized carbons (Fsp3) is 0.800. The largest absolute Gasteiger partial charge is 0.318 e. The lowest BCUT2D eigenvalue weighted by atomic mass is 10.2. The Morgan fingerprint density at radius 1 is 1.53 bits per heavy atom. The lowest BCUT2D eigenvalue weighted by Crippen LogP contribution is -2.44. The van der Waals surface area contributed by atoms with Crippen LogP contribution in [0.4, 0.5) is 0 Å². The van der Waals surface area contributed by atoms with Gasteiger partial charge in [0.15, 0.2) is 0 Å². The molecule has 1 N–H and O–H groups in total. The molecule has 1 heterocycles. The van der Waals surface area contributed by atoms with Crippen LogP contribution in [0.2, 0.25) is 0 Å². The molecule has 4 nitrogen and oxygen atoms in total. The highest BCUT2D eigenvalue weighted by molar-refractivity contribution is 5.80. The van der Waals surface area contributed by atoms with Gasteiger partial charge in [-0.1, -0.05) is 6.08 Å². The van der Waals surface area contributed by atoms with Crippen LogP contribution in [0.15, 0.2) is 11.8 Å². The van der Waals surface area contributed by atoms with E-state index in [-0.39, 0.29) is 5.91 Å². The van der Waals surface area contributed by atoms with Crippen molar-refractivity contribution < 1.29 is 4.79 Å². The van der Waals surface area contributed by atoms with Crippen LogP contribution < -0.4 is 5.32 Å². The van der Waals surface area contributed by atoms with E-state index in [9.17, 15) is 4.79 Å². The minimum absolute atomic E-state index is 0.277. The number of likely N-dealkylation sites (N-methyl/N-ethyl adjacent to an activating group) is 2. The van der Waals surface area contributed by atoms with Gasteiger partial charge >= 0.3 is 0 Å². The average molecular weight is 265 g/mol. The van der Waals surface area contributed by atoms with Crippen LogP contribution in [0, 0.1) is 0 Å². The van der Waals surface area contributed by atoms with Crippen LogP contribution in [-0.4, -0.2) is 55.0 Å². The third-order valence-corrected chi connectivity index (χ3v) is 4.26. The highest BCUT2D eigenvalue weighted by atomic mass is 16.2. The smallest absolute Gasteiger partial charge is 0.240 e. The Morgan fingerprint density at radius 3 is 3.00 bits per heavy atom. The molecule has 0 aromatic carbocycles. The molecular weight excluding hydrogens is 238 g/mol. The first kappa shape index (κ1) is 14.5. The number of nitrogens with one attached hydrogen (secondary N) is 1. The summed E-state index contributed by atoms with van der Waals surface area (Å²) >= 11 is 0. The quantitative estimate of drug-likeness (QED) is 0.792. The molecule has 0 bridgehead atoms. The number of hydrogen-bond donors (Lipinski definition) is 1. The van der Waals surface area contributed by atoms with Gasteiger partial charge in [0.2, 0.25) is 5.91 Å². The highest BCUT2D eigenvalue weighted by Gasteiger charge is 2.28. The third kappa shape index (κ3) is 3.57. The number of carbonyl (C=O) groups is 1. The summed E-state index contributed by atoms with van der Waals surface area (Å²) in [4.78, 5) is 16.8. The molecule has 1 aliphatic carbocycles. The molecule has 2 rings (SSSR count). The van der Waals surface area contributed by atoms with Crippen LogP contribution in [0.25, 0.3) is 0 Å². The summed E-state index contributed by atoms with van der Waals surface area (Å²) in [6.45, 7) is 5.51.